The first kappa shape index (κ1) is 10.8. The quantitative estimate of drug-likeness (QED) is 0.374. The molecule has 0 rings (SSSR count). The lowest BCUT2D eigenvalue weighted by molar-refractivity contribution is -0.183. The summed E-state index contributed by atoms with van der Waals surface area (Å²) in [4.78, 5) is 10.6. The second kappa shape index (κ2) is 3.97. The summed E-state index contributed by atoms with van der Waals surface area (Å²) in [5.74, 6) is -0.511. The van der Waals surface area contributed by atoms with E-state index in [2.05, 4.69) is 17.4 Å². The molecular formula is C7H14O3S. The second-order valence-electron chi connectivity index (χ2n) is 3.37. The third-order valence-electron chi connectivity index (χ3n) is 1.11. The molecule has 0 radical (unpaired) electrons. The fourth-order valence-electron chi connectivity index (χ4n) is 0.339. The van der Waals surface area contributed by atoms with Gasteiger partial charge in [-0.3, -0.25) is 4.79 Å². The molecule has 0 aliphatic heterocycles. The first-order valence-electron chi connectivity index (χ1n) is 3.36. The summed E-state index contributed by atoms with van der Waals surface area (Å²) < 4.78 is 4.60. The number of carbonyl (C=O) groups excluding carboxylic acids is 1. The Morgan fingerprint density at radius 1 is 1.64 bits per heavy atom. The van der Waals surface area contributed by atoms with Crippen LogP contribution in [0.15, 0.2) is 0 Å². The van der Waals surface area contributed by atoms with Crippen molar-refractivity contribution in [1.29, 1.82) is 0 Å². The minimum atomic E-state index is -1.05. The summed E-state index contributed by atoms with van der Waals surface area (Å²) in [6.07, 6.45) is -1.05. The number of carbonyl (C=O) groups is 1. The number of aliphatic hydroxyl groups excluding tert-OH is 1. The lowest BCUT2D eigenvalue weighted by Crippen LogP contribution is -2.31. The minimum absolute atomic E-state index is 0.00681. The molecule has 1 unspecified atom stereocenters. The van der Waals surface area contributed by atoms with Crippen LogP contribution in [0.2, 0.25) is 0 Å². The highest BCUT2D eigenvalue weighted by Gasteiger charge is 2.25. The van der Waals surface area contributed by atoms with Gasteiger partial charge < -0.3 is 9.84 Å². The Bertz CT molecular complexity index is 139. The third kappa shape index (κ3) is 4.27. The van der Waals surface area contributed by atoms with Crippen LogP contribution in [0.4, 0.5) is 0 Å². The molecule has 0 aromatic rings. The van der Waals surface area contributed by atoms with Crippen LogP contribution < -0.4 is 0 Å². The Balaban J connectivity index is 3.87. The molecule has 0 saturated heterocycles. The van der Waals surface area contributed by atoms with Gasteiger partial charge >= 0.3 is 5.97 Å². The number of thiol groups is 1. The van der Waals surface area contributed by atoms with Crippen molar-refractivity contribution in [1.82, 2.24) is 0 Å². The molecule has 0 aliphatic rings. The zero-order valence-corrected chi connectivity index (χ0v) is 7.89. The van der Waals surface area contributed by atoms with E-state index in [-0.39, 0.29) is 5.75 Å². The predicted octanol–water partition coefficient (Wildman–Crippen LogP) is 0.824. The van der Waals surface area contributed by atoms with Crippen LogP contribution in [-0.2, 0) is 9.53 Å². The Hall–Kier alpha value is -0.220. The van der Waals surface area contributed by atoms with E-state index in [1.807, 2.05) is 0 Å². The smallest absolute Gasteiger partial charge is 0.317 e. The molecular weight excluding hydrogens is 164 g/mol. The fraction of sp³-hybridized carbons (Fsp3) is 0.857. The maximum absolute atomic E-state index is 10.6. The van der Waals surface area contributed by atoms with Gasteiger partial charge in [0.1, 0.15) is 0 Å². The second-order valence-corrected chi connectivity index (χ2v) is 3.68. The Morgan fingerprint density at radius 3 is 2.36 bits per heavy atom. The highest BCUT2D eigenvalue weighted by atomic mass is 32.1. The van der Waals surface area contributed by atoms with Gasteiger partial charge in [-0.25, -0.2) is 0 Å². The van der Waals surface area contributed by atoms with Gasteiger partial charge in [-0.2, -0.15) is 12.6 Å². The lowest BCUT2D eigenvalue weighted by Gasteiger charge is -2.24. The molecule has 66 valence electrons. The Labute approximate surface area is 72.2 Å². The molecule has 0 heterocycles. The molecule has 0 spiro atoms. The molecule has 3 nitrogen and oxygen atoms in total. The van der Waals surface area contributed by atoms with E-state index >= 15 is 0 Å². The first-order chi connectivity index (χ1) is 4.88. The molecule has 0 aromatic heterocycles. The molecule has 0 saturated carbocycles. The van der Waals surface area contributed by atoms with Crippen molar-refractivity contribution in [2.45, 2.75) is 27.1 Å². The maximum atomic E-state index is 10.6. The van der Waals surface area contributed by atoms with Crippen molar-refractivity contribution in [2.24, 2.45) is 5.41 Å². The summed E-state index contributed by atoms with van der Waals surface area (Å²) >= 11 is 3.70. The SMILES string of the molecule is CC(C)(C)C(O)OC(=O)CS. The van der Waals surface area contributed by atoms with E-state index in [1.165, 1.54) is 0 Å². The van der Waals surface area contributed by atoms with Gasteiger partial charge in [0.2, 0.25) is 6.29 Å². The molecule has 0 aromatic carbocycles. The van der Waals surface area contributed by atoms with E-state index < -0.39 is 17.7 Å². The topological polar surface area (TPSA) is 46.5 Å². The summed E-state index contributed by atoms with van der Waals surface area (Å²) in [6.45, 7) is 5.34. The highest BCUT2D eigenvalue weighted by Crippen LogP contribution is 2.19. The zero-order valence-electron chi connectivity index (χ0n) is 7.00. The third-order valence-corrected chi connectivity index (χ3v) is 1.37. The predicted molar refractivity (Wildman–Crippen MR) is 45.4 cm³/mol. The molecule has 1 atom stereocenters. The largest absolute Gasteiger partial charge is 0.435 e. The average molecular weight is 178 g/mol. The lowest BCUT2D eigenvalue weighted by atomic mass is 9.96. The zero-order chi connectivity index (χ0) is 9.07. The average Bonchev–Trinajstić information content (AvgIpc) is 1.85. The highest BCUT2D eigenvalue weighted by molar-refractivity contribution is 7.81. The van der Waals surface area contributed by atoms with Crippen molar-refractivity contribution < 1.29 is 14.6 Å². The Kier molecular flexibility index (Phi) is 3.89. The van der Waals surface area contributed by atoms with Crippen molar-refractivity contribution in [2.75, 3.05) is 5.75 Å². The summed E-state index contributed by atoms with van der Waals surface area (Å²) in [7, 11) is 0. The number of ether oxygens (including phenoxy) is 1. The van der Waals surface area contributed by atoms with Crippen molar-refractivity contribution >= 4 is 18.6 Å². The van der Waals surface area contributed by atoms with Gasteiger partial charge in [0, 0.05) is 5.41 Å². The van der Waals surface area contributed by atoms with Gasteiger partial charge in [0.25, 0.3) is 0 Å². The summed E-state index contributed by atoms with van der Waals surface area (Å²) in [5, 5.41) is 9.21. The molecule has 1 N–H and O–H groups in total. The van der Waals surface area contributed by atoms with Crippen LogP contribution in [-0.4, -0.2) is 23.1 Å². The van der Waals surface area contributed by atoms with Crippen LogP contribution in [0.5, 0.6) is 0 Å². The number of hydrogen-bond acceptors (Lipinski definition) is 4. The normalized spacial score (nSPS) is 14.3. The van der Waals surface area contributed by atoms with Crippen LogP contribution in [0.3, 0.4) is 0 Å². The minimum Gasteiger partial charge on any atom is -0.435 e. The molecule has 0 fully saturated rings. The van der Waals surface area contributed by atoms with Crippen LogP contribution in [0.25, 0.3) is 0 Å². The number of aliphatic hydroxyl groups is 1. The van der Waals surface area contributed by atoms with E-state index in [1.54, 1.807) is 20.8 Å². The molecule has 0 bridgehead atoms. The fourth-order valence-corrected chi connectivity index (χ4v) is 0.413. The molecule has 11 heavy (non-hydrogen) atoms. The molecule has 4 heteroatoms. The number of esters is 1. The van der Waals surface area contributed by atoms with Gasteiger partial charge in [-0.05, 0) is 0 Å². The number of rotatable bonds is 2. The van der Waals surface area contributed by atoms with E-state index in [4.69, 9.17) is 0 Å². The van der Waals surface area contributed by atoms with Crippen molar-refractivity contribution in [3.63, 3.8) is 0 Å². The summed E-state index contributed by atoms with van der Waals surface area (Å²) in [5.41, 5.74) is -0.432. The van der Waals surface area contributed by atoms with Gasteiger partial charge in [0.15, 0.2) is 0 Å². The van der Waals surface area contributed by atoms with Gasteiger partial charge in [-0.15, -0.1) is 0 Å². The van der Waals surface area contributed by atoms with E-state index in [0.29, 0.717) is 0 Å². The standard InChI is InChI=1S/C7H14O3S/c1-7(2,3)6(9)10-5(8)4-11/h6,9,11H,4H2,1-3H3. The van der Waals surface area contributed by atoms with Crippen molar-refractivity contribution in [3.05, 3.63) is 0 Å². The Morgan fingerprint density at radius 2 is 2.09 bits per heavy atom. The molecule has 0 aliphatic carbocycles. The summed E-state index contributed by atoms with van der Waals surface area (Å²) in [6, 6.07) is 0. The van der Waals surface area contributed by atoms with Crippen LogP contribution >= 0.6 is 12.6 Å². The molecule has 0 amide bonds. The van der Waals surface area contributed by atoms with E-state index in [9.17, 15) is 9.90 Å². The monoisotopic (exact) mass is 178 g/mol. The van der Waals surface area contributed by atoms with Crippen LogP contribution in [0.1, 0.15) is 20.8 Å². The first-order valence-corrected chi connectivity index (χ1v) is 3.99. The van der Waals surface area contributed by atoms with Gasteiger partial charge in [0.05, 0.1) is 5.75 Å². The van der Waals surface area contributed by atoms with Crippen LogP contribution in [0, 0.1) is 5.41 Å². The van der Waals surface area contributed by atoms with Crippen molar-refractivity contribution in [3.8, 4) is 0 Å². The maximum Gasteiger partial charge on any atom is 0.317 e. The van der Waals surface area contributed by atoms with E-state index in [0.717, 1.165) is 0 Å². The number of hydrogen-bond donors (Lipinski definition) is 2. The van der Waals surface area contributed by atoms with Gasteiger partial charge in [-0.1, -0.05) is 20.8 Å².